The quantitative estimate of drug-likeness (QED) is 0.785. The first-order valence-electron chi connectivity index (χ1n) is 7.96. The summed E-state index contributed by atoms with van der Waals surface area (Å²) in [6.07, 6.45) is -1.35. The van der Waals surface area contributed by atoms with E-state index in [0.717, 1.165) is 11.1 Å². The molecule has 0 fully saturated rings. The second-order valence-corrected chi connectivity index (χ2v) is 5.73. The molecule has 2 aromatic rings. The number of carbonyl (C=O) groups excluding carboxylic acids is 2. The predicted octanol–water partition coefficient (Wildman–Crippen LogP) is 3.39. The highest BCUT2D eigenvalue weighted by Gasteiger charge is 2.21. The van der Waals surface area contributed by atoms with E-state index < -0.39 is 12.3 Å². The average molecular weight is 342 g/mol. The van der Waals surface area contributed by atoms with Gasteiger partial charge in [-0.25, -0.2) is 4.79 Å². The maximum atomic E-state index is 12.0. The molecular formula is C19H22N2O4. The molecule has 25 heavy (non-hydrogen) atoms. The van der Waals surface area contributed by atoms with Gasteiger partial charge in [-0.15, -0.1) is 0 Å². The Morgan fingerprint density at radius 2 is 1.72 bits per heavy atom. The summed E-state index contributed by atoms with van der Waals surface area (Å²) in [4.78, 5) is 22.9. The van der Waals surface area contributed by atoms with Crippen molar-refractivity contribution < 1.29 is 19.1 Å². The fourth-order valence-corrected chi connectivity index (χ4v) is 2.29. The van der Waals surface area contributed by atoms with Crippen molar-refractivity contribution in [2.24, 2.45) is 5.73 Å². The Morgan fingerprint density at radius 3 is 2.28 bits per heavy atom. The van der Waals surface area contributed by atoms with Crippen molar-refractivity contribution in [1.29, 1.82) is 0 Å². The van der Waals surface area contributed by atoms with Gasteiger partial charge in [-0.05, 0) is 30.2 Å². The fourth-order valence-electron chi connectivity index (χ4n) is 2.29. The van der Waals surface area contributed by atoms with Gasteiger partial charge < -0.3 is 20.5 Å². The number of benzene rings is 2. The molecule has 0 radical (unpaired) electrons. The predicted molar refractivity (Wildman–Crippen MR) is 94.8 cm³/mol. The molecule has 0 aliphatic rings. The lowest BCUT2D eigenvalue weighted by Crippen LogP contribution is -2.29. The second kappa shape index (κ2) is 8.84. The zero-order chi connectivity index (χ0) is 18.2. The van der Waals surface area contributed by atoms with Gasteiger partial charge in [-0.3, -0.25) is 4.79 Å². The first kappa shape index (κ1) is 18.5. The van der Waals surface area contributed by atoms with Gasteiger partial charge in [0.1, 0.15) is 12.7 Å². The summed E-state index contributed by atoms with van der Waals surface area (Å²) in [5.74, 6) is -0.143. The number of ether oxygens (including phenoxy) is 2. The van der Waals surface area contributed by atoms with Crippen LogP contribution in [0, 0.1) is 0 Å². The number of anilines is 1. The van der Waals surface area contributed by atoms with Gasteiger partial charge >= 0.3 is 6.16 Å². The van der Waals surface area contributed by atoms with E-state index in [1.807, 2.05) is 30.3 Å². The zero-order valence-electron chi connectivity index (χ0n) is 14.3. The van der Waals surface area contributed by atoms with E-state index in [4.69, 9.17) is 15.2 Å². The van der Waals surface area contributed by atoms with Crippen LogP contribution in [-0.4, -0.2) is 18.1 Å². The molecule has 2 unspecified atom stereocenters. The molecule has 2 aromatic carbocycles. The molecule has 0 aliphatic heterocycles. The average Bonchev–Trinajstić information content (AvgIpc) is 2.59. The van der Waals surface area contributed by atoms with Crippen LogP contribution in [0.4, 0.5) is 10.5 Å². The third kappa shape index (κ3) is 5.93. The van der Waals surface area contributed by atoms with Crippen molar-refractivity contribution in [3.05, 3.63) is 65.7 Å². The van der Waals surface area contributed by atoms with Gasteiger partial charge in [0.15, 0.2) is 0 Å². The third-order valence-electron chi connectivity index (χ3n) is 3.46. The standard InChI is InChI=1S/C19H22N2O4/c1-13(20)18(16-6-4-3-5-7-16)25-19(23)24-12-15-8-10-17(11-9-15)21-14(2)22/h3-11,13,18H,12,20H2,1-2H3,(H,21,22). The van der Waals surface area contributed by atoms with Crippen molar-refractivity contribution in [3.8, 4) is 0 Å². The molecule has 6 nitrogen and oxygen atoms in total. The van der Waals surface area contributed by atoms with E-state index in [2.05, 4.69) is 5.32 Å². The summed E-state index contributed by atoms with van der Waals surface area (Å²) in [5, 5.41) is 2.67. The van der Waals surface area contributed by atoms with Gasteiger partial charge in [0.05, 0.1) is 0 Å². The van der Waals surface area contributed by atoms with Gasteiger partial charge in [-0.1, -0.05) is 42.5 Å². The molecule has 0 heterocycles. The Balaban J connectivity index is 1.90. The molecule has 6 heteroatoms. The molecule has 1 amide bonds. The summed E-state index contributed by atoms with van der Waals surface area (Å²) in [7, 11) is 0. The molecule has 2 atom stereocenters. The Morgan fingerprint density at radius 1 is 1.08 bits per heavy atom. The molecule has 0 aromatic heterocycles. The SMILES string of the molecule is CC(=O)Nc1ccc(COC(=O)OC(c2ccccc2)C(C)N)cc1. The van der Waals surface area contributed by atoms with E-state index in [1.165, 1.54) is 6.92 Å². The highest BCUT2D eigenvalue weighted by molar-refractivity contribution is 5.88. The summed E-state index contributed by atoms with van der Waals surface area (Å²) >= 11 is 0. The number of nitrogens with one attached hydrogen (secondary N) is 1. The lowest BCUT2D eigenvalue weighted by Gasteiger charge is -2.21. The Kier molecular flexibility index (Phi) is 6.54. The molecule has 2 rings (SSSR count). The topological polar surface area (TPSA) is 90.6 Å². The summed E-state index contributed by atoms with van der Waals surface area (Å²) < 4.78 is 10.5. The molecule has 132 valence electrons. The number of carbonyl (C=O) groups is 2. The minimum Gasteiger partial charge on any atom is -0.429 e. The molecule has 0 bridgehead atoms. The molecule has 0 aliphatic carbocycles. The van der Waals surface area contributed by atoms with Crippen molar-refractivity contribution >= 4 is 17.7 Å². The van der Waals surface area contributed by atoms with Crippen molar-refractivity contribution in [3.63, 3.8) is 0 Å². The summed E-state index contributed by atoms with van der Waals surface area (Å²) in [5.41, 5.74) is 8.19. The minimum absolute atomic E-state index is 0.0691. The van der Waals surface area contributed by atoms with E-state index in [9.17, 15) is 9.59 Å². The molecule has 3 N–H and O–H groups in total. The van der Waals surface area contributed by atoms with Crippen molar-refractivity contribution in [2.75, 3.05) is 5.32 Å². The van der Waals surface area contributed by atoms with Crippen LogP contribution >= 0.6 is 0 Å². The maximum absolute atomic E-state index is 12.0. The Hall–Kier alpha value is -2.86. The zero-order valence-corrected chi connectivity index (χ0v) is 14.3. The summed E-state index contributed by atoms with van der Waals surface area (Å²) in [6, 6.07) is 15.9. The Labute approximate surface area is 146 Å². The number of hydrogen-bond donors (Lipinski definition) is 2. The van der Waals surface area contributed by atoms with Gasteiger partial charge in [-0.2, -0.15) is 0 Å². The van der Waals surface area contributed by atoms with Gasteiger partial charge in [0.25, 0.3) is 0 Å². The van der Waals surface area contributed by atoms with Crippen LogP contribution in [0.2, 0.25) is 0 Å². The van der Waals surface area contributed by atoms with E-state index in [1.54, 1.807) is 31.2 Å². The Bertz CT molecular complexity index is 699. The normalized spacial score (nSPS) is 12.8. The lowest BCUT2D eigenvalue weighted by molar-refractivity contribution is -0.114. The maximum Gasteiger partial charge on any atom is 0.509 e. The highest BCUT2D eigenvalue weighted by Crippen LogP contribution is 2.21. The lowest BCUT2D eigenvalue weighted by atomic mass is 10.0. The van der Waals surface area contributed by atoms with Crippen LogP contribution < -0.4 is 11.1 Å². The van der Waals surface area contributed by atoms with E-state index >= 15 is 0 Å². The molecular weight excluding hydrogens is 320 g/mol. The molecule has 0 spiro atoms. The minimum atomic E-state index is -0.780. The second-order valence-electron chi connectivity index (χ2n) is 5.73. The first-order chi connectivity index (χ1) is 12.0. The molecule has 0 saturated heterocycles. The first-order valence-corrected chi connectivity index (χ1v) is 7.96. The summed E-state index contributed by atoms with van der Waals surface area (Å²) in [6.45, 7) is 3.28. The van der Waals surface area contributed by atoms with Crippen LogP contribution in [0.15, 0.2) is 54.6 Å². The highest BCUT2D eigenvalue weighted by atomic mass is 16.7. The molecule has 0 saturated carbocycles. The van der Waals surface area contributed by atoms with Crippen molar-refractivity contribution in [2.45, 2.75) is 32.6 Å². The largest absolute Gasteiger partial charge is 0.509 e. The number of nitrogens with two attached hydrogens (primary N) is 1. The monoisotopic (exact) mass is 342 g/mol. The number of hydrogen-bond acceptors (Lipinski definition) is 5. The number of rotatable bonds is 6. The van der Waals surface area contributed by atoms with Crippen LogP contribution in [0.25, 0.3) is 0 Å². The van der Waals surface area contributed by atoms with E-state index in [-0.39, 0.29) is 18.6 Å². The van der Waals surface area contributed by atoms with Crippen LogP contribution in [0.3, 0.4) is 0 Å². The fraction of sp³-hybridized carbons (Fsp3) is 0.263. The smallest absolute Gasteiger partial charge is 0.429 e. The van der Waals surface area contributed by atoms with Crippen LogP contribution in [-0.2, 0) is 20.9 Å². The number of amides is 1. The van der Waals surface area contributed by atoms with Crippen LogP contribution in [0.1, 0.15) is 31.1 Å². The van der Waals surface area contributed by atoms with Crippen molar-refractivity contribution in [1.82, 2.24) is 0 Å². The van der Waals surface area contributed by atoms with Gasteiger partial charge in [0.2, 0.25) is 5.91 Å². The van der Waals surface area contributed by atoms with Gasteiger partial charge in [0, 0.05) is 18.7 Å². The van der Waals surface area contributed by atoms with E-state index in [0.29, 0.717) is 5.69 Å². The third-order valence-corrected chi connectivity index (χ3v) is 3.46. The van der Waals surface area contributed by atoms with Crippen LogP contribution in [0.5, 0.6) is 0 Å².